The molecule has 1 aromatic heterocycles. The second kappa shape index (κ2) is 5.13. The van der Waals surface area contributed by atoms with Gasteiger partial charge in [0.05, 0.1) is 0 Å². The van der Waals surface area contributed by atoms with Crippen molar-refractivity contribution in [3.63, 3.8) is 0 Å². The molecule has 100 valence electrons. The van der Waals surface area contributed by atoms with Crippen molar-refractivity contribution in [1.82, 2.24) is 15.5 Å². The minimum Gasteiger partial charge on any atom is -0.339 e. The molecular weight excluding hydrogens is 238 g/mol. The molecule has 1 N–H and O–H groups in total. The van der Waals surface area contributed by atoms with Crippen molar-refractivity contribution in [3.8, 4) is 11.4 Å². The number of aromatic nitrogens is 2. The van der Waals surface area contributed by atoms with E-state index in [-0.39, 0.29) is 0 Å². The topological polar surface area (TPSA) is 51.0 Å². The van der Waals surface area contributed by atoms with E-state index in [1.165, 1.54) is 18.4 Å². The summed E-state index contributed by atoms with van der Waals surface area (Å²) in [7, 11) is 2.00. The molecular formula is C15H19N3O. The van der Waals surface area contributed by atoms with Crippen molar-refractivity contribution < 1.29 is 4.52 Å². The van der Waals surface area contributed by atoms with Crippen LogP contribution in [0.15, 0.2) is 28.8 Å². The van der Waals surface area contributed by atoms with Crippen molar-refractivity contribution in [1.29, 1.82) is 0 Å². The molecule has 0 bridgehead atoms. The Morgan fingerprint density at radius 2 is 2.16 bits per heavy atom. The third kappa shape index (κ3) is 2.68. The Kier molecular flexibility index (Phi) is 3.34. The largest absolute Gasteiger partial charge is 0.339 e. The zero-order valence-electron chi connectivity index (χ0n) is 11.4. The Hall–Kier alpha value is -1.68. The number of nitrogens with one attached hydrogen (secondary N) is 1. The third-order valence-corrected chi connectivity index (χ3v) is 3.81. The van der Waals surface area contributed by atoms with Crippen LogP contribution in [0.2, 0.25) is 0 Å². The quantitative estimate of drug-likeness (QED) is 0.894. The van der Waals surface area contributed by atoms with Crippen molar-refractivity contribution in [2.75, 3.05) is 7.05 Å². The number of aryl methyl sites for hydroxylation is 1. The van der Waals surface area contributed by atoms with Crippen molar-refractivity contribution in [2.45, 2.75) is 32.2 Å². The lowest BCUT2D eigenvalue weighted by atomic mass is 10.1. The lowest BCUT2D eigenvalue weighted by Gasteiger charge is -2.11. The van der Waals surface area contributed by atoms with Gasteiger partial charge in [-0.25, -0.2) is 0 Å². The molecule has 0 aliphatic heterocycles. The molecule has 1 unspecified atom stereocenters. The highest BCUT2D eigenvalue weighted by molar-refractivity contribution is 5.58. The Morgan fingerprint density at radius 1 is 1.37 bits per heavy atom. The number of likely N-dealkylation sites (N-methyl/N-ethyl adjacent to an activating group) is 1. The Balaban J connectivity index is 1.77. The molecule has 3 rings (SSSR count). The normalized spacial score (nSPS) is 16.5. The monoisotopic (exact) mass is 257 g/mol. The second-order valence-electron chi connectivity index (χ2n) is 5.26. The molecule has 1 saturated carbocycles. The maximum Gasteiger partial charge on any atom is 0.228 e. The molecule has 1 aromatic carbocycles. The van der Waals surface area contributed by atoms with Gasteiger partial charge in [-0.1, -0.05) is 29.4 Å². The fourth-order valence-corrected chi connectivity index (χ4v) is 2.46. The summed E-state index contributed by atoms with van der Waals surface area (Å²) in [5.41, 5.74) is 2.21. The summed E-state index contributed by atoms with van der Waals surface area (Å²) in [4.78, 5) is 4.52. The average molecular weight is 257 g/mol. The maximum absolute atomic E-state index is 5.38. The van der Waals surface area contributed by atoms with E-state index < -0.39 is 0 Å². The van der Waals surface area contributed by atoms with E-state index in [0.29, 0.717) is 11.9 Å². The van der Waals surface area contributed by atoms with Gasteiger partial charge in [0, 0.05) is 18.0 Å². The van der Waals surface area contributed by atoms with Gasteiger partial charge in [0.25, 0.3) is 0 Å². The Bertz CT molecular complexity index is 560. The summed E-state index contributed by atoms with van der Waals surface area (Å²) in [5.74, 6) is 2.20. The lowest BCUT2D eigenvalue weighted by Crippen LogP contribution is -2.29. The summed E-state index contributed by atoms with van der Waals surface area (Å²) in [5, 5.41) is 7.45. The standard InChI is InChI=1S/C15H19N3O/c1-10-5-3-4-6-12(10)15-17-14(19-18-15)9-13(16-2)11-7-8-11/h3-6,11,13,16H,7-9H2,1-2H3. The van der Waals surface area contributed by atoms with Crippen LogP contribution >= 0.6 is 0 Å². The molecule has 4 nitrogen and oxygen atoms in total. The van der Waals surface area contributed by atoms with Crippen LogP contribution in [0.25, 0.3) is 11.4 Å². The molecule has 1 aliphatic carbocycles. The summed E-state index contributed by atoms with van der Waals surface area (Å²) in [6, 6.07) is 8.57. The number of hydrogen-bond donors (Lipinski definition) is 1. The van der Waals surface area contributed by atoms with Crippen molar-refractivity contribution in [2.24, 2.45) is 5.92 Å². The van der Waals surface area contributed by atoms with Crippen LogP contribution in [-0.4, -0.2) is 23.2 Å². The van der Waals surface area contributed by atoms with Crippen LogP contribution in [0.3, 0.4) is 0 Å². The number of nitrogens with zero attached hydrogens (tertiary/aromatic N) is 2. The second-order valence-corrected chi connectivity index (χ2v) is 5.26. The van der Waals surface area contributed by atoms with Crippen molar-refractivity contribution in [3.05, 3.63) is 35.7 Å². The van der Waals surface area contributed by atoms with Gasteiger partial charge in [0.2, 0.25) is 11.7 Å². The van der Waals surface area contributed by atoms with E-state index in [0.717, 1.165) is 23.8 Å². The summed E-state index contributed by atoms with van der Waals surface area (Å²) >= 11 is 0. The third-order valence-electron chi connectivity index (χ3n) is 3.81. The van der Waals surface area contributed by atoms with Crippen LogP contribution in [0.1, 0.15) is 24.3 Å². The van der Waals surface area contributed by atoms with Crippen molar-refractivity contribution >= 4 is 0 Å². The lowest BCUT2D eigenvalue weighted by molar-refractivity contribution is 0.352. The molecule has 1 heterocycles. The average Bonchev–Trinajstić information content (AvgIpc) is 3.16. The van der Waals surface area contributed by atoms with Gasteiger partial charge in [-0.2, -0.15) is 4.98 Å². The molecule has 1 fully saturated rings. The van der Waals surface area contributed by atoms with Crippen LogP contribution in [0.5, 0.6) is 0 Å². The first-order valence-corrected chi connectivity index (χ1v) is 6.84. The van der Waals surface area contributed by atoms with Crippen LogP contribution < -0.4 is 5.32 Å². The van der Waals surface area contributed by atoms with E-state index in [9.17, 15) is 0 Å². The fourth-order valence-electron chi connectivity index (χ4n) is 2.46. The maximum atomic E-state index is 5.38. The van der Waals surface area contributed by atoms with E-state index in [4.69, 9.17) is 4.52 Å². The molecule has 0 amide bonds. The number of benzene rings is 1. The van der Waals surface area contributed by atoms with Gasteiger partial charge in [-0.15, -0.1) is 0 Å². The molecule has 4 heteroatoms. The highest BCUT2D eigenvalue weighted by atomic mass is 16.5. The van der Waals surface area contributed by atoms with E-state index in [1.54, 1.807) is 0 Å². The SMILES string of the molecule is CNC(Cc1nc(-c2ccccc2C)no1)C1CC1. The summed E-state index contributed by atoms with van der Waals surface area (Å²) < 4.78 is 5.38. The fraction of sp³-hybridized carbons (Fsp3) is 0.467. The van der Waals surface area contributed by atoms with E-state index >= 15 is 0 Å². The number of hydrogen-bond acceptors (Lipinski definition) is 4. The van der Waals surface area contributed by atoms with Crippen LogP contribution in [0, 0.1) is 12.8 Å². The first kappa shape index (κ1) is 12.4. The molecule has 0 radical (unpaired) electrons. The smallest absolute Gasteiger partial charge is 0.228 e. The van der Waals surface area contributed by atoms with Gasteiger partial charge in [0.1, 0.15) is 0 Å². The number of rotatable bonds is 5. The highest BCUT2D eigenvalue weighted by Crippen LogP contribution is 2.34. The molecule has 0 saturated heterocycles. The van der Waals surface area contributed by atoms with E-state index in [2.05, 4.69) is 28.4 Å². The zero-order valence-corrected chi connectivity index (χ0v) is 11.4. The first-order valence-electron chi connectivity index (χ1n) is 6.84. The molecule has 1 atom stereocenters. The molecule has 19 heavy (non-hydrogen) atoms. The van der Waals surface area contributed by atoms with Crippen LogP contribution in [-0.2, 0) is 6.42 Å². The molecule has 2 aromatic rings. The van der Waals surface area contributed by atoms with Gasteiger partial charge < -0.3 is 9.84 Å². The minimum atomic E-state index is 0.463. The summed E-state index contributed by atoms with van der Waals surface area (Å²) in [6.45, 7) is 2.06. The predicted molar refractivity (Wildman–Crippen MR) is 73.7 cm³/mol. The Labute approximate surface area is 113 Å². The van der Waals surface area contributed by atoms with Crippen LogP contribution in [0.4, 0.5) is 0 Å². The Morgan fingerprint density at radius 3 is 2.84 bits per heavy atom. The zero-order chi connectivity index (χ0) is 13.2. The van der Waals surface area contributed by atoms with E-state index in [1.807, 2.05) is 25.2 Å². The van der Waals surface area contributed by atoms with Gasteiger partial charge >= 0.3 is 0 Å². The van der Waals surface area contributed by atoms with Gasteiger partial charge in [-0.3, -0.25) is 0 Å². The molecule has 1 aliphatic rings. The minimum absolute atomic E-state index is 0.463. The molecule has 0 spiro atoms. The van der Waals surface area contributed by atoms with Gasteiger partial charge in [-0.05, 0) is 38.3 Å². The highest BCUT2D eigenvalue weighted by Gasteiger charge is 2.31. The first-order chi connectivity index (χ1) is 9.28. The predicted octanol–water partition coefficient (Wildman–Crippen LogP) is 2.59. The summed E-state index contributed by atoms with van der Waals surface area (Å²) in [6.07, 6.45) is 3.44. The van der Waals surface area contributed by atoms with Gasteiger partial charge in [0.15, 0.2) is 0 Å².